The standard InChI is InChI=1S/C19H24N6O/c1-26-18-6-3-2-5-16(18)24-11-9-23(10-12-24)7-4-8-25-15-22-19-17(25)13-20-14-21-19/h2-3,5-6,13-15H,4,7-12H2,1H3. The van der Waals surface area contributed by atoms with E-state index in [4.69, 9.17) is 4.74 Å². The molecule has 0 saturated carbocycles. The van der Waals surface area contributed by atoms with Crippen LogP contribution < -0.4 is 9.64 Å². The van der Waals surface area contributed by atoms with Crippen LogP contribution in [0.1, 0.15) is 6.42 Å². The van der Waals surface area contributed by atoms with E-state index in [1.807, 2.05) is 24.7 Å². The molecule has 0 spiro atoms. The monoisotopic (exact) mass is 352 g/mol. The number of piperazine rings is 1. The fraction of sp³-hybridized carbons (Fsp3) is 0.421. The number of rotatable bonds is 6. The molecule has 1 fully saturated rings. The van der Waals surface area contributed by atoms with E-state index >= 15 is 0 Å². The lowest BCUT2D eigenvalue weighted by Gasteiger charge is -2.36. The van der Waals surface area contributed by atoms with Gasteiger partial charge in [-0.3, -0.25) is 4.90 Å². The van der Waals surface area contributed by atoms with Gasteiger partial charge >= 0.3 is 0 Å². The molecule has 0 amide bonds. The van der Waals surface area contributed by atoms with E-state index < -0.39 is 0 Å². The molecule has 0 N–H and O–H groups in total. The lowest BCUT2D eigenvalue weighted by Crippen LogP contribution is -2.46. The van der Waals surface area contributed by atoms with Gasteiger partial charge in [0.05, 0.1) is 25.3 Å². The number of benzene rings is 1. The van der Waals surface area contributed by atoms with Crippen LogP contribution in [-0.2, 0) is 6.54 Å². The highest BCUT2D eigenvalue weighted by Gasteiger charge is 2.19. The Morgan fingerprint density at radius 3 is 2.73 bits per heavy atom. The van der Waals surface area contributed by atoms with Crippen molar-refractivity contribution in [1.82, 2.24) is 24.4 Å². The summed E-state index contributed by atoms with van der Waals surface area (Å²) in [4.78, 5) is 17.5. The maximum absolute atomic E-state index is 5.49. The molecule has 1 aromatic carbocycles. The first-order valence-corrected chi connectivity index (χ1v) is 9.06. The second-order valence-corrected chi connectivity index (χ2v) is 6.52. The third-order valence-electron chi connectivity index (χ3n) is 4.97. The van der Waals surface area contributed by atoms with Crippen molar-refractivity contribution in [3.05, 3.63) is 43.1 Å². The van der Waals surface area contributed by atoms with E-state index in [1.165, 1.54) is 5.69 Å². The Kier molecular flexibility index (Phi) is 4.97. The summed E-state index contributed by atoms with van der Waals surface area (Å²) >= 11 is 0. The minimum absolute atomic E-state index is 0.769. The van der Waals surface area contributed by atoms with Gasteiger partial charge < -0.3 is 14.2 Å². The second kappa shape index (κ2) is 7.70. The molecule has 0 atom stereocenters. The van der Waals surface area contributed by atoms with Crippen molar-refractivity contribution in [2.75, 3.05) is 44.7 Å². The van der Waals surface area contributed by atoms with Crippen LogP contribution in [0.4, 0.5) is 5.69 Å². The number of aromatic nitrogens is 4. The van der Waals surface area contributed by atoms with Crippen molar-refractivity contribution in [3.63, 3.8) is 0 Å². The molecule has 26 heavy (non-hydrogen) atoms. The van der Waals surface area contributed by atoms with Gasteiger partial charge in [0.2, 0.25) is 0 Å². The van der Waals surface area contributed by atoms with Gasteiger partial charge in [0, 0.05) is 32.7 Å². The van der Waals surface area contributed by atoms with E-state index in [0.29, 0.717) is 0 Å². The number of hydrogen-bond acceptors (Lipinski definition) is 6. The summed E-state index contributed by atoms with van der Waals surface area (Å²) in [5.41, 5.74) is 2.97. The highest BCUT2D eigenvalue weighted by molar-refractivity contribution is 5.68. The van der Waals surface area contributed by atoms with Gasteiger partial charge in [-0.25, -0.2) is 15.0 Å². The summed E-state index contributed by atoms with van der Waals surface area (Å²) in [6.45, 7) is 6.24. The van der Waals surface area contributed by atoms with Gasteiger partial charge in [0.15, 0.2) is 5.65 Å². The average molecular weight is 352 g/mol. The molecule has 1 aliphatic heterocycles. The third-order valence-corrected chi connectivity index (χ3v) is 4.97. The number of ether oxygens (including phenoxy) is 1. The number of hydrogen-bond donors (Lipinski definition) is 0. The van der Waals surface area contributed by atoms with E-state index in [1.54, 1.807) is 13.4 Å². The molecule has 7 heteroatoms. The van der Waals surface area contributed by atoms with Crippen LogP contribution >= 0.6 is 0 Å². The van der Waals surface area contributed by atoms with Gasteiger partial charge in [-0.15, -0.1) is 0 Å². The molecule has 0 unspecified atom stereocenters. The van der Waals surface area contributed by atoms with Crippen molar-refractivity contribution >= 4 is 16.9 Å². The van der Waals surface area contributed by atoms with E-state index in [9.17, 15) is 0 Å². The normalized spacial score (nSPS) is 15.5. The Morgan fingerprint density at radius 2 is 1.88 bits per heavy atom. The molecule has 2 aromatic heterocycles. The maximum atomic E-state index is 5.49. The number of aryl methyl sites for hydroxylation is 1. The molecule has 7 nitrogen and oxygen atoms in total. The summed E-state index contributed by atoms with van der Waals surface area (Å²) in [5.74, 6) is 0.954. The lowest BCUT2D eigenvalue weighted by atomic mass is 10.2. The van der Waals surface area contributed by atoms with Crippen LogP contribution in [0.3, 0.4) is 0 Å². The summed E-state index contributed by atoms with van der Waals surface area (Å²) < 4.78 is 7.63. The predicted molar refractivity (Wildman–Crippen MR) is 102 cm³/mol. The van der Waals surface area contributed by atoms with Crippen LogP contribution in [0, 0.1) is 0 Å². The zero-order chi connectivity index (χ0) is 17.8. The molecule has 0 radical (unpaired) electrons. The first kappa shape index (κ1) is 16.8. The highest BCUT2D eigenvalue weighted by atomic mass is 16.5. The first-order chi connectivity index (χ1) is 12.8. The third kappa shape index (κ3) is 3.48. The molecular weight excluding hydrogens is 328 g/mol. The van der Waals surface area contributed by atoms with Crippen molar-refractivity contribution in [2.24, 2.45) is 0 Å². The fourth-order valence-corrected chi connectivity index (χ4v) is 3.55. The zero-order valence-electron chi connectivity index (χ0n) is 15.1. The van der Waals surface area contributed by atoms with Crippen molar-refractivity contribution in [1.29, 1.82) is 0 Å². The molecule has 3 aromatic rings. The minimum Gasteiger partial charge on any atom is -0.495 e. The molecule has 136 valence electrons. The number of para-hydroxylation sites is 2. The summed E-state index contributed by atoms with van der Waals surface area (Å²) in [6, 6.07) is 8.26. The predicted octanol–water partition coefficient (Wildman–Crippen LogP) is 2.05. The van der Waals surface area contributed by atoms with Crippen LogP contribution in [0.25, 0.3) is 11.2 Å². The van der Waals surface area contributed by atoms with E-state index in [2.05, 4.69) is 41.5 Å². The Hall–Kier alpha value is -2.67. The number of methoxy groups -OCH3 is 1. The van der Waals surface area contributed by atoms with Crippen LogP contribution in [0.5, 0.6) is 5.75 Å². The van der Waals surface area contributed by atoms with Gasteiger partial charge in [-0.1, -0.05) is 12.1 Å². The van der Waals surface area contributed by atoms with E-state index in [-0.39, 0.29) is 0 Å². The van der Waals surface area contributed by atoms with Gasteiger partial charge in [-0.05, 0) is 25.1 Å². The van der Waals surface area contributed by atoms with Gasteiger partial charge in [0.1, 0.15) is 17.6 Å². The quantitative estimate of drug-likeness (QED) is 0.677. The molecule has 1 aliphatic rings. The summed E-state index contributed by atoms with van der Waals surface area (Å²) in [5, 5.41) is 0. The molecule has 3 heterocycles. The number of anilines is 1. The van der Waals surface area contributed by atoms with Crippen LogP contribution in [0.15, 0.2) is 43.1 Å². The SMILES string of the molecule is COc1ccccc1N1CCN(CCCn2cnc3ncncc32)CC1. The smallest absolute Gasteiger partial charge is 0.180 e. The summed E-state index contributed by atoms with van der Waals surface area (Å²) in [7, 11) is 1.74. The fourth-order valence-electron chi connectivity index (χ4n) is 3.55. The second-order valence-electron chi connectivity index (χ2n) is 6.52. The minimum atomic E-state index is 0.769. The number of fused-ring (bicyclic) bond motifs is 1. The van der Waals surface area contributed by atoms with Crippen LogP contribution in [0.2, 0.25) is 0 Å². The van der Waals surface area contributed by atoms with Gasteiger partial charge in [-0.2, -0.15) is 0 Å². The average Bonchev–Trinajstić information content (AvgIpc) is 3.12. The molecule has 1 saturated heterocycles. The number of nitrogens with zero attached hydrogens (tertiary/aromatic N) is 6. The van der Waals surface area contributed by atoms with E-state index in [0.717, 1.165) is 62.6 Å². The maximum Gasteiger partial charge on any atom is 0.180 e. The molecular formula is C19H24N6O. The van der Waals surface area contributed by atoms with Crippen LogP contribution in [-0.4, -0.2) is 64.3 Å². The van der Waals surface area contributed by atoms with Crippen molar-refractivity contribution in [3.8, 4) is 5.75 Å². The topological polar surface area (TPSA) is 59.3 Å². The largest absolute Gasteiger partial charge is 0.495 e. The Balaban J connectivity index is 1.28. The number of imidazole rings is 1. The molecule has 0 aliphatic carbocycles. The van der Waals surface area contributed by atoms with Crippen molar-refractivity contribution < 1.29 is 4.74 Å². The highest BCUT2D eigenvalue weighted by Crippen LogP contribution is 2.28. The van der Waals surface area contributed by atoms with Crippen molar-refractivity contribution in [2.45, 2.75) is 13.0 Å². The summed E-state index contributed by atoms with van der Waals surface area (Å²) in [6.07, 6.45) is 6.33. The molecule has 0 bridgehead atoms. The lowest BCUT2D eigenvalue weighted by molar-refractivity contribution is 0.250. The first-order valence-electron chi connectivity index (χ1n) is 9.06. The van der Waals surface area contributed by atoms with Gasteiger partial charge in [0.25, 0.3) is 0 Å². The molecule has 4 rings (SSSR count). The zero-order valence-corrected chi connectivity index (χ0v) is 15.1. The Bertz CT molecular complexity index is 856. The Labute approximate surface area is 153 Å². The Morgan fingerprint density at radius 1 is 1.04 bits per heavy atom.